The van der Waals surface area contributed by atoms with Crippen molar-refractivity contribution in [3.8, 4) is 0 Å². The molecule has 4 nitrogen and oxygen atoms in total. The molecule has 0 saturated carbocycles. The maximum atomic E-state index is 10.7. The second kappa shape index (κ2) is 4.25. The van der Waals surface area contributed by atoms with Crippen molar-refractivity contribution in [2.24, 2.45) is 5.16 Å². The first-order chi connectivity index (χ1) is 6.25. The molecule has 1 radical (unpaired) electrons. The summed E-state index contributed by atoms with van der Waals surface area (Å²) < 4.78 is 0. The zero-order valence-electron chi connectivity index (χ0n) is 7.02. The first kappa shape index (κ1) is 9.25. The molecule has 0 spiro atoms. The molecule has 0 aromatic heterocycles. The zero-order valence-corrected chi connectivity index (χ0v) is 7.02. The summed E-state index contributed by atoms with van der Waals surface area (Å²) in [5.74, 6) is -1.12. The molecule has 0 heterocycles. The highest BCUT2D eigenvalue weighted by atomic mass is 16.6. The maximum absolute atomic E-state index is 10.7. The topological polar surface area (TPSA) is 58.9 Å². The fraction of sp³-hybridized carbons (Fsp3) is 0.111. The lowest BCUT2D eigenvalue weighted by molar-refractivity contribution is -0.129. The van der Waals surface area contributed by atoms with Crippen molar-refractivity contribution in [3.05, 3.63) is 35.9 Å². The molecule has 0 fully saturated rings. The lowest BCUT2D eigenvalue weighted by Crippen LogP contribution is -2.14. The molecule has 1 aromatic carbocycles. The maximum Gasteiger partial charge on any atom is 0.358 e. The summed E-state index contributed by atoms with van der Waals surface area (Å²) in [5, 5.41) is 12.1. The summed E-state index contributed by atoms with van der Waals surface area (Å²) in [7, 11) is 1.30. The van der Waals surface area contributed by atoms with Crippen LogP contribution in [0.5, 0.6) is 0 Å². The second-order valence-corrected chi connectivity index (χ2v) is 2.22. The van der Waals surface area contributed by atoms with Gasteiger partial charge >= 0.3 is 5.97 Å². The predicted molar refractivity (Wildman–Crippen MR) is 46.5 cm³/mol. The molecule has 0 aliphatic carbocycles. The molecular weight excluding hydrogens is 170 g/mol. The van der Waals surface area contributed by atoms with Gasteiger partial charge in [0.1, 0.15) is 7.11 Å². The average Bonchev–Trinajstić information content (AvgIpc) is 2.15. The van der Waals surface area contributed by atoms with E-state index in [9.17, 15) is 4.79 Å². The number of carboxylic acid groups (broad SMARTS) is 1. The second-order valence-electron chi connectivity index (χ2n) is 2.22. The monoisotopic (exact) mass is 178 g/mol. The molecular formula is C9H8NO3. The molecule has 0 aliphatic rings. The van der Waals surface area contributed by atoms with Crippen LogP contribution in [-0.4, -0.2) is 23.9 Å². The van der Waals surface area contributed by atoms with Gasteiger partial charge in [-0.05, 0) is 6.07 Å². The molecule has 0 unspecified atom stereocenters. The van der Waals surface area contributed by atoms with Gasteiger partial charge in [0.05, 0.1) is 0 Å². The van der Waals surface area contributed by atoms with E-state index in [1.165, 1.54) is 7.11 Å². The van der Waals surface area contributed by atoms with Crippen molar-refractivity contribution < 1.29 is 14.7 Å². The van der Waals surface area contributed by atoms with Crippen LogP contribution < -0.4 is 0 Å². The van der Waals surface area contributed by atoms with Crippen LogP contribution in [0, 0.1) is 6.07 Å². The normalized spacial score (nSPS) is 11.0. The van der Waals surface area contributed by atoms with Gasteiger partial charge in [0.2, 0.25) is 0 Å². The number of benzene rings is 1. The number of carboxylic acids is 1. The zero-order chi connectivity index (χ0) is 9.68. The predicted octanol–water partition coefficient (Wildman–Crippen LogP) is 0.922. The van der Waals surface area contributed by atoms with Gasteiger partial charge in [-0.15, -0.1) is 0 Å². The van der Waals surface area contributed by atoms with Crippen LogP contribution >= 0.6 is 0 Å². The van der Waals surface area contributed by atoms with Gasteiger partial charge in [0.25, 0.3) is 0 Å². The van der Waals surface area contributed by atoms with Gasteiger partial charge in [-0.1, -0.05) is 29.4 Å². The van der Waals surface area contributed by atoms with E-state index >= 15 is 0 Å². The summed E-state index contributed by atoms with van der Waals surface area (Å²) in [4.78, 5) is 15.1. The first-order valence-electron chi connectivity index (χ1n) is 3.56. The molecule has 1 N–H and O–H groups in total. The molecule has 0 saturated heterocycles. The van der Waals surface area contributed by atoms with Gasteiger partial charge in [-0.2, -0.15) is 0 Å². The fourth-order valence-corrected chi connectivity index (χ4v) is 0.851. The number of rotatable bonds is 3. The quantitative estimate of drug-likeness (QED) is 0.553. The van der Waals surface area contributed by atoms with E-state index in [0.717, 1.165) is 0 Å². The van der Waals surface area contributed by atoms with Crippen molar-refractivity contribution >= 4 is 11.7 Å². The van der Waals surface area contributed by atoms with Crippen molar-refractivity contribution in [3.63, 3.8) is 0 Å². The van der Waals surface area contributed by atoms with E-state index < -0.39 is 5.97 Å². The number of carbonyl (C=O) groups is 1. The number of oxime groups is 1. The summed E-state index contributed by atoms with van der Waals surface area (Å²) in [6.07, 6.45) is 0. The van der Waals surface area contributed by atoms with Crippen LogP contribution in [0.25, 0.3) is 0 Å². The van der Waals surface area contributed by atoms with E-state index in [2.05, 4.69) is 16.1 Å². The van der Waals surface area contributed by atoms with Gasteiger partial charge in [0, 0.05) is 5.56 Å². The van der Waals surface area contributed by atoms with Crippen molar-refractivity contribution in [1.29, 1.82) is 0 Å². The minimum absolute atomic E-state index is 0.114. The number of nitrogens with zero attached hydrogens (tertiary/aromatic N) is 1. The third-order valence-electron chi connectivity index (χ3n) is 1.38. The number of hydrogen-bond donors (Lipinski definition) is 1. The van der Waals surface area contributed by atoms with E-state index in [1.54, 1.807) is 24.3 Å². The third kappa shape index (κ3) is 2.30. The number of aliphatic carboxylic acids is 1. The van der Waals surface area contributed by atoms with Crippen LogP contribution in [0.4, 0.5) is 0 Å². The highest BCUT2D eigenvalue weighted by Gasteiger charge is 2.12. The highest BCUT2D eigenvalue weighted by molar-refractivity contribution is 6.42. The van der Waals surface area contributed by atoms with Gasteiger partial charge in [-0.3, -0.25) is 0 Å². The van der Waals surface area contributed by atoms with Gasteiger partial charge in [0.15, 0.2) is 5.71 Å². The Balaban J connectivity index is 3.03. The fourth-order valence-electron chi connectivity index (χ4n) is 0.851. The molecule has 0 bridgehead atoms. The third-order valence-corrected chi connectivity index (χ3v) is 1.38. The van der Waals surface area contributed by atoms with Crippen LogP contribution in [0.1, 0.15) is 5.56 Å². The van der Waals surface area contributed by atoms with E-state index in [4.69, 9.17) is 5.11 Å². The van der Waals surface area contributed by atoms with Crippen molar-refractivity contribution in [1.82, 2.24) is 0 Å². The first-order valence-corrected chi connectivity index (χ1v) is 3.56. The molecule has 0 amide bonds. The van der Waals surface area contributed by atoms with Crippen LogP contribution in [0.2, 0.25) is 0 Å². The molecule has 13 heavy (non-hydrogen) atoms. The minimum atomic E-state index is -1.12. The standard InChI is InChI=1S/C9H8NO3/c1-13-10-8(9(11)12)7-5-3-2-4-6-7/h3-6H,1H3,(H,11,12). The van der Waals surface area contributed by atoms with Crippen LogP contribution in [-0.2, 0) is 9.63 Å². The Kier molecular flexibility index (Phi) is 3.03. The van der Waals surface area contributed by atoms with Crippen molar-refractivity contribution in [2.45, 2.75) is 0 Å². The molecule has 67 valence electrons. The molecule has 1 aromatic rings. The lowest BCUT2D eigenvalue weighted by atomic mass is 10.1. The Labute approximate surface area is 75.4 Å². The summed E-state index contributed by atoms with van der Waals surface area (Å²) >= 11 is 0. The lowest BCUT2D eigenvalue weighted by Gasteiger charge is -1.98. The van der Waals surface area contributed by atoms with E-state index in [1.807, 2.05) is 0 Å². The highest BCUT2D eigenvalue weighted by Crippen LogP contribution is 2.01. The van der Waals surface area contributed by atoms with E-state index in [0.29, 0.717) is 5.56 Å². The van der Waals surface area contributed by atoms with Crippen LogP contribution in [0.3, 0.4) is 0 Å². The Morgan fingerprint density at radius 2 is 2.15 bits per heavy atom. The minimum Gasteiger partial charge on any atom is -0.476 e. The Morgan fingerprint density at radius 1 is 1.54 bits per heavy atom. The van der Waals surface area contributed by atoms with Crippen molar-refractivity contribution in [2.75, 3.05) is 7.11 Å². The Bertz CT molecular complexity index is 319. The Hall–Kier alpha value is -1.84. The molecule has 4 heteroatoms. The Morgan fingerprint density at radius 3 is 2.62 bits per heavy atom. The smallest absolute Gasteiger partial charge is 0.358 e. The molecule has 0 aliphatic heterocycles. The summed E-state index contributed by atoms with van der Waals surface area (Å²) in [6.45, 7) is 0. The van der Waals surface area contributed by atoms with Gasteiger partial charge < -0.3 is 9.94 Å². The summed E-state index contributed by atoms with van der Waals surface area (Å²) in [6, 6.07) is 9.22. The molecule has 0 atom stereocenters. The van der Waals surface area contributed by atoms with Gasteiger partial charge in [-0.25, -0.2) is 4.79 Å². The average molecular weight is 178 g/mol. The summed E-state index contributed by atoms with van der Waals surface area (Å²) in [5.41, 5.74) is 0.379. The SMILES string of the molecule is CON=C(C(=O)O)c1cc[c]cc1. The van der Waals surface area contributed by atoms with E-state index in [-0.39, 0.29) is 5.71 Å². The number of hydrogen-bond acceptors (Lipinski definition) is 3. The largest absolute Gasteiger partial charge is 0.476 e. The van der Waals surface area contributed by atoms with Crippen LogP contribution in [0.15, 0.2) is 29.4 Å². The molecule has 1 rings (SSSR count).